The number of hydrogen-bond acceptors (Lipinski definition) is 5. The van der Waals surface area contributed by atoms with Crippen molar-refractivity contribution in [3.63, 3.8) is 0 Å². The van der Waals surface area contributed by atoms with Gasteiger partial charge in [-0.15, -0.1) is 0 Å². The fourth-order valence-corrected chi connectivity index (χ4v) is 4.16. The maximum Gasteiger partial charge on any atom is 0.231 e. The van der Waals surface area contributed by atoms with E-state index < -0.39 is 0 Å². The Morgan fingerprint density at radius 3 is 2.90 bits per heavy atom. The predicted molar refractivity (Wildman–Crippen MR) is 115 cm³/mol. The van der Waals surface area contributed by atoms with Gasteiger partial charge in [-0.05, 0) is 31.2 Å². The van der Waals surface area contributed by atoms with E-state index in [0.717, 1.165) is 40.9 Å². The highest BCUT2D eigenvalue weighted by molar-refractivity contribution is 6.15. The summed E-state index contributed by atoms with van der Waals surface area (Å²) in [4.78, 5) is 15.2. The highest BCUT2D eigenvalue weighted by Gasteiger charge is 2.33. The molecule has 6 nitrogen and oxygen atoms in total. The molecule has 3 aromatic rings. The molecule has 0 fully saturated rings. The van der Waals surface area contributed by atoms with Gasteiger partial charge in [-0.1, -0.05) is 18.2 Å². The van der Waals surface area contributed by atoms with Crippen LogP contribution in [-0.2, 0) is 17.8 Å². The minimum atomic E-state index is -0.0878. The van der Waals surface area contributed by atoms with Gasteiger partial charge in [-0.25, -0.2) is 0 Å². The molecule has 2 aromatic carbocycles. The predicted octanol–water partition coefficient (Wildman–Crippen LogP) is 4.08. The Kier molecular flexibility index (Phi) is 4.81. The van der Waals surface area contributed by atoms with E-state index >= 15 is 0 Å². The number of benzene rings is 2. The number of ether oxygens (including phenoxy) is 3. The molecule has 0 atom stereocenters. The number of carbonyl (C=O) groups is 1. The summed E-state index contributed by atoms with van der Waals surface area (Å²) < 4.78 is 19.4. The first-order valence-corrected chi connectivity index (χ1v) is 10.2. The van der Waals surface area contributed by atoms with Crippen LogP contribution in [0.1, 0.15) is 28.4 Å². The smallest absolute Gasteiger partial charge is 0.231 e. The number of methoxy groups -OCH3 is 1. The van der Waals surface area contributed by atoms with Crippen molar-refractivity contribution >= 4 is 22.8 Å². The molecule has 6 heteroatoms. The Balaban J connectivity index is 1.51. The first kappa shape index (κ1) is 18.9. The third-order valence-electron chi connectivity index (χ3n) is 5.74. The summed E-state index contributed by atoms with van der Waals surface area (Å²) in [5.74, 6) is 1.66. The summed E-state index contributed by atoms with van der Waals surface area (Å²) in [6.07, 6.45) is 3.93. The lowest BCUT2D eigenvalue weighted by Crippen LogP contribution is -2.34. The van der Waals surface area contributed by atoms with Gasteiger partial charge in [-0.3, -0.25) is 9.69 Å². The number of hydrogen-bond donors (Lipinski definition) is 0. The average Bonchev–Trinajstić information content (AvgIpc) is 3.30. The fourth-order valence-electron chi connectivity index (χ4n) is 4.16. The molecule has 0 amide bonds. The Hall–Kier alpha value is -3.09. The van der Waals surface area contributed by atoms with Crippen LogP contribution in [0.15, 0.2) is 48.4 Å². The zero-order valence-electron chi connectivity index (χ0n) is 17.2. The minimum absolute atomic E-state index is 0.0878. The number of ketones is 1. The number of allylic oxidation sites excluding steroid dienone is 1. The molecule has 5 rings (SSSR count). The van der Waals surface area contributed by atoms with Gasteiger partial charge in [0.25, 0.3) is 0 Å². The first-order chi connectivity index (χ1) is 14.7. The Morgan fingerprint density at radius 1 is 1.20 bits per heavy atom. The standard InChI is InChI=1S/C24H24N2O4/c1-3-26-13-16(17-6-4-5-7-20(17)26)12-22-23(27)18-8-9-21-19(24(18)30-22)14-25(15-29-21)10-11-28-2/h4-9,12-13H,3,10-11,14-15H2,1-2H3/b22-12-. The molecule has 0 saturated heterocycles. The molecule has 0 N–H and O–H groups in total. The lowest BCUT2D eigenvalue weighted by Gasteiger charge is -2.29. The number of nitrogens with zero attached hydrogens (tertiary/aromatic N) is 2. The topological polar surface area (TPSA) is 52.9 Å². The second kappa shape index (κ2) is 7.63. The van der Waals surface area contributed by atoms with E-state index in [1.807, 2.05) is 24.3 Å². The number of para-hydroxylation sites is 1. The normalized spacial score (nSPS) is 17.1. The third kappa shape index (κ3) is 3.09. The van der Waals surface area contributed by atoms with Crippen molar-refractivity contribution < 1.29 is 19.0 Å². The van der Waals surface area contributed by atoms with Gasteiger partial charge in [0.05, 0.1) is 17.7 Å². The molecule has 0 bridgehead atoms. The van der Waals surface area contributed by atoms with Crippen molar-refractivity contribution in [1.29, 1.82) is 0 Å². The number of rotatable bonds is 5. The Morgan fingerprint density at radius 2 is 2.07 bits per heavy atom. The quantitative estimate of drug-likeness (QED) is 0.600. The van der Waals surface area contributed by atoms with Crippen LogP contribution in [-0.4, -0.2) is 42.2 Å². The molecule has 0 saturated carbocycles. The number of carbonyl (C=O) groups excluding carboxylic acids is 1. The van der Waals surface area contributed by atoms with Crippen molar-refractivity contribution in [2.45, 2.75) is 20.0 Å². The molecule has 0 aliphatic carbocycles. The van der Waals surface area contributed by atoms with Crippen LogP contribution >= 0.6 is 0 Å². The molecule has 3 heterocycles. The summed E-state index contributed by atoms with van der Waals surface area (Å²) in [6, 6.07) is 11.9. The van der Waals surface area contributed by atoms with Crippen molar-refractivity contribution in [3.8, 4) is 11.5 Å². The van der Waals surface area contributed by atoms with Gasteiger partial charge in [0.15, 0.2) is 5.76 Å². The monoisotopic (exact) mass is 404 g/mol. The molecule has 2 aliphatic heterocycles. The van der Waals surface area contributed by atoms with E-state index in [1.54, 1.807) is 13.2 Å². The summed E-state index contributed by atoms with van der Waals surface area (Å²) in [5, 5.41) is 1.11. The maximum absolute atomic E-state index is 13.1. The van der Waals surface area contributed by atoms with E-state index in [2.05, 4.69) is 34.7 Å². The van der Waals surface area contributed by atoms with Gasteiger partial charge in [-0.2, -0.15) is 0 Å². The second-order valence-electron chi connectivity index (χ2n) is 7.57. The summed E-state index contributed by atoms with van der Waals surface area (Å²) in [5.41, 5.74) is 3.64. The van der Waals surface area contributed by atoms with E-state index in [0.29, 0.717) is 37.0 Å². The molecule has 0 radical (unpaired) electrons. The largest absolute Gasteiger partial charge is 0.478 e. The van der Waals surface area contributed by atoms with Crippen LogP contribution in [0, 0.1) is 0 Å². The van der Waals surface area contributed by atoms with E-state index in [4.69, 9.17) is 14.2 Å². The second-order valence-corrected chi connectivity index (χ2v) is 7.57. The van der Waals surface area contributed by atoms with Crippen molar-refractivity contribution in [2.75, 3.05) is 27.0 Å². The van der Waals surface area contributed by atoms with Crippen LogP contribution in [0.4, 0.5) is 0 Å². The van der Waals surface area contributed by atoms with Gasteiger partial charge < -0.3 is 18.8 Å². The molecule has 0 spiro atoms. The Bertz CT molecular complexity index is 1160. The number of Topliss-reactive ketones (excluding diaryl/α,β-unsaturated/α-hetero) is 1. The summed E-state index contributed by atoms with van der Waals surface area (Å²) >= 11 is 0. The number of aromatic nitrogens is 1. The lowest BCUT2D eigenvalue weighted by molar-refractivity contribution is 0.0646. The maximum atomic E-state index is 13.1. The third-order valence-corrected chi connectivity index (χ3v) is 5.74. The zero-order chi connectivity index (χ0) is 20.7. The van der Waals surface area contributed by atoms with Crippen LogP contribution < -0.4 is 9.47 Å². The molecular weight excluding hydrogens is 380 g/mol. The molecule has 154 valence electrons. The number of fused-ring (bicyclic) bond motifs is 4. The van der Waals surface area contributed by atoms with Crippen molar-refractivity contribution in [2.24, 2.45) is 0 Å². The minimum Gasteiger partial charge on any atom is -0.478 e. The van der Waals surface area contributed by atoms with Crippen molar-refractivity contribution in [1.82, 2.24) is 9.47 Å². The summed E-state index contributed by atoms with van der Waals surface area (Å²) in [7, 11) is 1.69. The molecular formula is C24H24N2O4. The zero-order valence-corrected chi connectivity index (χ0v) is 17.2. The summed E-state index contributed by atoms with van der Waals surface area (Å²) in [6.45, 7) is 5.52. The van der Waals surface area contributed by atoms with Gasteiger partial charge >= 0.3 is 0 Å². The van der Waals surface area contributed by atoms with E-state index in [9.17, 15) is 4.79 Å². The lowest BCUT2D eigenvalue weighted by atomic mass is 10.0. The van der Waals surface area contributed by atoms with Crippen LogP contribution in [0.5, 0.6) is 11.5 Å². The van der Waals surface area contributed by atoms with Gasteiger partial charge in [0.1, 0.15) is 18.2 Å². The molecule has 0 unspecified atom stereocenters. The van der Waals surface area contributed by atoms with Gasteiger partial charge in [0, 0.05) is 49.4 Å². The first-order valence-electron chi connectivity index (χ1n) is 10.2. The Labute approximate surface area is 175 Å². The highest BCUT2D eigenvalue weighted by atomic mass is 16.5. The molecule has 1 aromatic heterocycles. The average molecular weight is 404 g/mol. The SMILES string of the molecule is CCn1cc(/C=C2\Oc3c(ccc4c3CN(CCOC)CO4)C2=O)c2ccccc21. The van der Waals surface area contributed by atoms with Gasteiger partial charge in [0.2, 0.25) is 5.78 Å². The van der Waals surface area contributed by atoms with Crippen molar-refractivity contribution in [3.05, 3.63) is 65.0 Å². The van der Waals surface area contributed by atoms with E-state index in [1.165, 1.54) is 0 Å². The fraction of sp³-hybridized carbons (Fsp3) is 0.292. The van der Waals surface area contributed by atoms with Crippen LogP contribution in [0.3, 0.4) is 0 Å². The molecule has 2 aliphatic rings. The highest BCUT2D eigenvalue weighted by Crippen LogP contribution is 2.42. The number of aryl methyl sites for hydroxylation is 1. The molecule has 30 heavy (non-hydrogen) atoms. The van der Waals surface area contributed by atoms with Crippen LogP contribution in [0.2, 0.25) is 0 Å². The van der Waals surface area contributed by atoms with E-state index in [-0.39, 0.29) is 5.78 Å². The van der Waals surface area contributed by atoms with Crippen LogP contribution in [0.25, 0.3) is 17.0 Å².